The maximum atomic E-state index is 12.4. The smallest absolute Gasteiger partial charge is 0.258 e. The first-order valence-electron chi connectivity index (χ1n) is 9.11. The summed E-state index contributed by atoms with van der Waals surface area (Å²) in [5.41, 5.74) is 0.949. The molecule has 0 aliphatic carbocycles. The lowest BCUT2D eigenvalue weighted by Crippen LogP contribution is -2.31. The van der Waals surface area contributed by atoms with Gasteiger partial charge in [-0.15, -0.1) is 0 Å². The molecule has 0 saturated carbocycles. The predicted octanol–water partition coefficient (Wildman–Crippen LogP) is 4.63. The van der Waals surface area contributed by atoms with Crippen molar-refractivity contribution in [2.45, 2.75) is 13.0 Å². The Labute approximate surface area is 171 Å². The highest BCUT2D eigenvalue weighted by Gasteiger charge is 2.16. The van der Waals surface area contributed by atoms with Crippen molar-refractivity contribution in [2.75, 3.05) is 19.8 Å². The van der Waals surface area contributed by atoms with Gasteiger partial charge in [0.25, 0.3) is 5.91 Å². The average Bonchev–Trinajstić information content (AvgIpc) is 2.73. The fraction of sp³-hybridized carbons (Fsp3) is 0.227. The van der Waals surface area contributed by atoms with Gasteiger partial charge in [0.1, 0.15) is 19.0 Å². The summed E-state index contributed by atoms with van der Waals surface area (Å²) >= 11 is 3.57. The van der Waals surface area contributed by atoms with Crippen molar-refractivity contribution in [1.29, 1.82) is 0 Å². The second-order valence-electron chi connectivity index (χ2n) is 6.58. The Morgan fingerprint density at radius 3 is 2.75 bits per heavy atom. The van der Waals surface area contributed by atoms with Crippen molar-refractivity contribution in [3.05, 3.63) is 64.6 Å². The van der Waals surface area contributed by atoms with E-state index in [0.29, 0.717) is 24.7 Å². The van der Waals surface area contributed by atoms with Crippen molar-refractivity contribution in [3.63, 3.8) is 0 Å². The van der Waals surface area contributed by atoms with E-state index in [-0.39, 0.29) is 18.6 Å². The fourth-order valence-corrected chi connectivity index (χ4v) is 3.77. The van der Waals surface area contributed by atoms with Crippen LogP contribution in [0.2, 0.25) is 0 Å². The number of nitrogens with one attached hydrogen (secondary N) is 1. The minimum atomic E-state index is -0.192. The molecule has 1 aliphatic rings. The van der Waals surface area contributed by atoms with E-state index >= 15 is 0 Å². The van der Waals surface area contributed by atoms with E-state index in [2.05, 4.69) is 21.2 Å². The third kappa shape index (κ3) is 3.92. The molecule has 28 heavy (non-hydrogen) atoms. The zero-order valence-corrected chi connectivity index (χ0v) is 17.0. The van der Waals surface area contributed by atoms with Crippen LogP contribution in [0, 0.1) is 0 Å². The molecule has 5 nitrogen and oxygen atoms in total. The van der Waals surface area contributed by atoms with Crippen LogP contribution in [0.4, 0.5) is 0 Å². The van der Waals surface area contributed by atoms with E-state index in [4.69, 9.17) is 14.2 Å². The quantitative estimate of drug-likeness (QED) is 0.626. The minimum absolute atomic E-state index is 0.0637. The van der Waals surface area contributed by atoms with E-state index in [0.717, 1.165) is 26.6 Å². The van der Waals surface area contributed by atoms with E-state index < -0.39 is 0 Å². The van der Waals surface area contributed by atoms with Crippen LogP contribution in [0.1, 0.15) is 18.5 Å². The lowest BCUT2D eigenvalue weighted by Gasteiger charge is -2.21. The summed E-state index contributed by atoms with van der Waals surface area (Å²) in [7, 11) is 0. The Hall–Kier alpha value is -2.73. The maximum Gasteiger partial charge on any atom is 0.258 e. The first-order valence-corrected chi connectivity index (χ1v) is 9.90. The van der Waals surface area contributed by atoms with Gasteiger partial charge in [-0.3, -0.25) is 4.79 Å². The van der Waals surface area contributed by atoms with Crippen LogP contribution in [-0.2, 0) is 4.79 Å². The molecule has 0 saturated heterocycles. The molecule has 0 unspecified atom stereocenters. The van der Waals surface area contributed by atoms with Gasteiger partial charge in [-0.25, -0.2) is 0 Å². The number of hydrogen-bond donors (Lipinski definition) is 1. The van der Waals surface area contributed by atoms with Gasteiger partial charge in [0, 0.05) is 0 Å². The van der Waals surface area contributed by atoms with Gasteiger partial charge in [0.05, 0.1) is 10.5 Å². The molecule has 1 aliphatic heterocycles. The molecule has 4 rings (SSSR count). The van der Waals surface area contributed by atoms with Crippen LogP contribution in [0.5, 0.6) is 17.2 Å². The summed E-state index contributed by atoms with van der Waals surface area (Å²) in [5, 5.41) is 5.11. The van der Waals surface area contributed by atoms with Crippen molar-refractivity contribution in [2.24, 2.45) is 0 Å². The predicted molar refractivity (Wildman–Crippen MR) is 111 cm³/mol. The van der Waals surface area contributed by atoms with Gasteiger partial charge in [-0.05, 0) is 57.4 Å². The molecule has 1 atom stereocenters. The summed E-state index contributed by atoms with van der Waals surface area (Å²) in [5.74, 6) is 1.89. The number of ether oxygens (including phenoxy) is 3. The van der Waals surface area contributed by atoms with Crippen LogP contribution in [-0.4, -0.2) is 25.7 Å². The number of amides is 1. The molecule has 3 aromatic carbocycles. The number of halogens is 1. The molecule has 1 heterocycles. The Morgan fingerprint density at radius 1 is 1.11 bits per heavy atom. The molecule has 3 aromatic rings. The largest absolute Gasteiger partial charge is 0.486 e. The summed E-state index contributed by atoms with van der Waals surface area (Å²) < 4.78 is 17.7. The van der Waals surface area contributed by atoms with Crippen LogP contribution in [0.3, 0.4) is 0 Å². The molecule has 0 fully saturated rings. The molecule has 0 radical (unpaired) electrons. The first-order chi connectivity index (χ1) is 13.6. The number of carbonyl (C=O) groups excluding carboxylic acids is 1. The summed E-state index contributed by atoms with van der Waals surface area (Å²) in [4.78, 5) is 12.4. The molecular weight excluding hydrogens is 422 g/mol. The van der Waals surface area contributed by atoms with E-state index in [9.17, 15) is 4.79 Å². The average molecular weight is 442 g/mol. The molecule has 0 aromatic heterocycles. The van der Waals surface area contributed by atoms with Crippen LogP contribution in [0.15, 0.2) is 59.1 Å². The van der Waals surface area contributed by atoms with Crippen molar-refractivity contribution in [3.8, 4) is 17.2 Å². The fourth-order valence-electron chi connectivity index (χ4n) is 3.16. The number of hydrogen-bond acceptors (Lipinski definition) is 4. The minimum Gasteiger partial charge on any atom is -0.486 e. The van der Waals surface area contributed by atoms with Gasteiger partial charge < -0.3 is 19.5 Å². The zero-order chi connectivity index (χ0) is 19.5. The number of carbonyl (C=O) groups is 1. The van der Waals surface area contributed by atoms with Crippen LogP contribution < -0.4 is 19.5 Å². The van der Waals surface area contributed by atoms with Crippen molar-refractivity contribution in [1.82, 2.24) is 5.32 Å². The molecule has 0 bridgehead atoms. The Kier molecular flexibility index (Phi) is 5.39. The van der Waals surface area contributed by atoms with Gasteiger partial charge in [0.2, 0.25) is 0 Å². The summed E-state index contributed by atoms with van der Waals surface area (Å²) in [6.07, 6.45) is 0. The molecule has 6 heteroatoms. The Bertz CT molecular complexity index is 1020. The third-order valence-corrected chi connectivity index (χ3v) is 5.45. The van der Waals surface area contributed by atoms with E-state index in [1.54, 1.807) is 0 Å². The van der Waals surface area contributed by atoms with Gasteiger partial charge in [0.15, 0.2) is 18.1 Å². The Morgan fingerprint density at radius 2 is 1.89 bits per heavy atom. The lowest BCUT2D eigenvalue weighted by atomic mass is 10.1. The van der Waals surface area contributed by atoms with Crippen molar-refractivity contribution >= 4 is 32.6 Å². The first kappa shape index (κ1) is 18.6. The standard InChI is InChI=1S/C22H20BrNO4/c1-14(16-7-8-18-20(12-16)27-11-10-26-18)24-21(25)13-28-19-9-6-15-4-2-3-5-17(15)22(19)23/h2-9,12,14H,10-11,13H2,1H3,(H,24,25)/t14-/m1/s1. The summed E-state index contributed by atoms with van der Waals surface area (Å²) in [6.45, 7) is 2.95. The Balaban J connectivity index is 1.39. The normalized spacial score (nSPS) is 13.8. The van der Waals surface area contributed by atoms with E-state index in [1.165, 1.54) is 0 Å². The second kappa shape index (κ2) is 8.10. The molecular formula is C22H20BrNO4. The maximum absolute atomic E-state index is 12.4. The monoisotopic (exact) mass is 441 g/mol. The van der Waals surface area contributed by atoms with Gasteiger partial charge >= 0.3 is 0 Å². The van der Waals surface area contributed by atoms with Crippen LogP contribution in [0.25, 0.3) is 10.8 Å². The third-order valence-electron chi connectivity index (χ3n) is 4.63. The number of fused-ring (bicyclic) bond motifs is 2. The highest BCUT2D eigenvalue weighted by atomic mass is 79.9. The molecule has 144 valence electrons. The van der Waals surface area contributed by atoms with Crippen LogP contribution >= 0.6 is 15.9 Å². The molecule has 1 N–H and O–H groups in total. The highest BCUT2D eigenvalue weighted by Crippen LogP contribution is 2.34. The number of rotatable bonds is 5. The second-order valence-corrected chi connectivity index (χ2v) is 7.37. The topological polar surface area (TPSA) is 56.8 Å². The van der Waals surface area contributed by atoms with Gasteiger partial charge in [-0.1, -0.05) is 36.4 Å². The lowest BCUT2D eigenvalue weighted by molar-refractivity contribution is -0.123. The highest BCUT2D eigenvalue weighted by molar-refractivity contribution is 9.10. The van der Waals surface area contributed by atoms with Gasteiger partial charge in [-0.2, -0.15) is 0 Å². The molecule has 0 spiro atoms. The zero-order valence-electron chi connectivity index (χ0n) is 15.4. The SMILES string of the molecule is C[C@@H](NC(=O)COc1ccc2ccccc2c1Br)c1ccc2c(c1)OCCO2. The van der Waals surface area contributed by atoms with Crippen molar-refractivity contribution < 1.29 is 19.0 Å². The van der Waals surface area contributed by atoms with E-state index in [1.807, 2.05) is 61.5 Å². The number of benzene rings is 3. The summed E-state index contributed by atoms with van der Waals surface area (Å²) in [6, 6.07) is 17.4. The molecule has 1 amide bonds.